The molecule has 1 aromatic carbocycles. The molecule has 0 aliphatic heterocycles. The zero-order valence-electron chi connectivity index (χ0n) is 15.6. The van der Waals surface area contributed by atoms with Gasteiger partial charge >= 0.3 is 0 Å². The van der Waals surface area contributed by atoms with Gasteiger partial charge in [0.05, 0.1) is 29.8 Å². The molecule has 0 unspecified atom stereocenters. The number of nitrogens with one attached hydrogen (secondary N) is 1. The Morgan fingerprint density at radius 2 is 2.07 bits per heavy atom. The fourth-order valence-corrected chi connectivity index (χ4v) is 2.84. The number of carbonyl (C=O) groups is 1. The Hall–Kier alpha value is -2.75. The minimum atomic E-state index is -0.442. The van der Waals surface area contributed by atoms with Crippen LogP contribution in [0.1, 0.15) is 24.3 Å². The van der Waals surface area contributed by atoms with Crippen molar-refractivity contribution < 1.29 is 14.3 Å². The molecule has 0 spiro atoms. The summed E-state index contributed by atoms with van der Waals surface area (Å²) in [6.07, 6.45) is 6.20. The maximum atomic E-state index is 12.4. The third kappa shape index (κ3) is 4.94. The van der Waals surface area contributed by atoms with E-state index in [0.717, 1.165) is 5.69 Å². The molecule has 0 bridgehead atoms. The topological polar surface area (TPSA) is 96.1 Å². The second-order valence-corrected chi connectivity index (χ2v) is 6.16. The van der Waals surface area contributed by atoms with Crippen LogP contribution in [-0.2, 0) is 16.0 Å². The van der Waals surface area contributed by atoms with Crippen LogP contribution in [0.2, 0.25) is 5.02 Å². The molecule has 0 atom stereocenters. The molecule has 2 heterocycles. The zero-order valence-corrected chi connectivity index (χ0v) is 16.3. The molecule has 148 valence electrons. The third-order valence-electron chi connectivity index (χ3n) is 3.80. The van der Waals surface area contributed by atoms with Crippen LogP contribution in [0.3, 0.4) is 0 Å². The molecule has 1 amide bonds. The van der Waals surface area contributed by atoms with Gasteiger partial charge in [-0.15, -0.1) is 5.10 Å². The van der Waals surface area contributed by atoms with Crippen molar-refractivity contribution in [3.63, 3.8) is 0 Å². The molecule has 3 aromatic rings. The van der Waals surface area contributed by atoms with E-state index in [1.165, 1.54) is 4.68 Å². The predicted octanol–water partition coefficient (Wildman–Crippen LogP) is 2.77. The van der Waals surface area contributed by atoms with E-state index in [1.54, 1.807) is 47.7 Å². The second kappa shape index (κ2) is 9.45. The van der Waals surface area contributed by atoms with Crippen LogP contribution in [0.5, 0.6) is 0 Å². The Kier molecular flexibility index (Phi) is 6.75. The van der Waals surface area contributed by atoms with Crippen LogP contribution in [0.4, 0.5) is 5.69 Å². The van der Waals surface area contributed by atoms with E-state index < -0.39 is 6.29 Å². The molecule has 1 N–H and O–H groups in total. The summed E-state index contributed by atoms with van der Waals surface area (Å²) in [6, 6.07) is 5.22. The number of anilines is 1. The lowest BCUT2D eigenvalue weighted by Gasteiger charge is -2.16. The van der Waals surface area contributed by atoms with Gasteiger partial charge in [0, 0.05) is 31.3 Å². The standard InChI is InChI=1S/C18H21ClN6O3/c1-3-27-17(28-4-2)11-25-10-15(22-23-25)18(26)21-13-5-6-16(14(19)9-13)24-8-7-20-12-24/h5-10,12,17H,3-4,11H2,1-2H3,(H,21,26). The van der Waals surface area contributed by atoms with E-state index in [9.17, 15) is 4.79 Å². The van der Waals surface area contributed by atoms with Crippen molar-refractivity contribution in [3.8, 4) is 5.69 Å². The van der Waals surface area contributed by atoms with Crippen molar-refractivity contribution in [2.45, 2.75) is 26.7 Å². The lowest BCUT2D eigenvalue weighted by Crippen LogP contribution is -2.24. The van der Waals surface area contributed by atoms with Crippen molar-refractivity contribution in [3.05, 3.63) is 53.8 Å². The number of hydrogen-bond acceptors (Lipinski definition) is 6. The van der Waals surface area contributed by atoms with Gasteiger partial charge in [-0.2, -0.15) is 0 Å². The Morgan fingerprint density at radius 3 is 2.71 bits per heavy atom. The number of amides is 1. The highest BCUT2D eigenvalue weighted by Gasteiger charge is 2.15. The Labute approximate surface area is 167 Å². The van der Waals surface area contributed by atoms with Crippen molar-refractivity contribution in [2.75, 3.05) is 18.5 Å². The number of aromatic nitrogens is 5. The minimum absolute atomic E-state index is 0.182. The van der Waals surface area contributed by atoms with Crippen LogP contribution >= 0.6 is 11.6 Å². The van der Waals surface area contributed by atoms with Crippen LogP contribution < -0.4 is 5.32 Å². The normalized spacial score (nSPS) is 11.1. The average molecular weight is 405 g/mol. The first-order chi connectivity index (χ1) is 13.6. The van der Waals surface area contributed by atoms with Crippen LogP contribution in [0.25, 0.3) is 5.69 Å². The van der Waals surface area contributed by atoms with Crippen molar-refractivity contribution in [2.24, 2.45) is 0 Å². The van der Waals surface area contributed by atoms with E-state index in [-0.39, 0.29) is 11.6 Å². The number of rotatable bonds is 9. The van der Waals surface area contributed by atoms with Gasteiger partial charge in [0.2, 0.25) is 0 Å². The first-order valence-electron chi connectivity index (χ1n) is 8.83. The first kappa shape index (κ1) is 20.0. The summed E-state index contributed by atoms with van der Waals surface area (Å²) < 4.78 is 14.2. The fourth-order valence-electron chi connectivity index (χ4n) is 2.56. The highest BCUT2D eigenvalue weighted by atomic mass is 35.5. The van der Waals surface area contributed by atoms with Crippen LogP contribution in [-0.4, -0.2) is 50.0 Å². The van der Waals surface area contributed by atoms with Crippen molar-refractivity contribution in [1.82, 2.24) is 24.5 Å². The molecule has 0 aliphatic carbocycles. The minimum Gasteiger partial charge on any atom is -0.351 e. The molecule has 0 saturated carbocycles. The molecule has 0 aliphatic rings. The molecular weight excluding hydrogens is 384 g/mol. The second-order valence-electron chi connectivity index (χ2n) is 5.76. The summed E-state index contributed by atoms with van der Waals surface area (Å²) in [4.78, 5) is 16.4. The smallest absolute Gasteiger partial charge is 0.277 e. The van der Waals surface area contributed by atoms with E-state index in [1.807, 2.05) is 13.8 Å². The van der Waals surface area contributed by atoms with Crippen molar-refractivity contribution in [1.29, 1.82) is 0 Å². The fraction of sp³-hybridized carbons (Fsp3) is 0.333. The number of hydrogen-bond donors (Lipinski definition) is 1. The molecular formula is C18H21ClN6O3. The number of benzene rings is 1. The average Bonchev–Trinajstić information content (AvgIpc) is 3.34. The molecule has 0 radical (unpaired) electrons. The number of carbonyl (C=O) groups excluding carboxylic acids is 1. The molecule has 0 saturated heterocycles. The summed E-state index contributed by atoms with van der Waals surface area (Å²) >= 11 is 6.31. The SMILES string of the molecule is CCOC(Cn1cc(C(=O)Nc2ccc(-n3ccnc3)c(Cl)c2)nn1)OCC. The number of nitrogens with zero attached hydrogens (tertiary/aromatic N) is 5. The molecule has 2 aromatic heterocycles. The Balaban J connectivity index is 1.65. The highest BCUT2D eigenvalue weighted by Crippen LogP contribution is 2.24. The van der Waals surface area contributed by atoms with Gasteiger partial charge in [-0.3, -0.25) is 4.79 Å². The molecule has 9 nitrogen and oxygen atoms in total. The van der Waals surface area contributed by atoms with Gasteiger partial charge in [-0.1, -0.05) is 16.8 Å². The first-order valence-corrected chi connectivity index (χ1v) is 9.21. The van der Waals surface area contributed by atoms with E-state index in [0.29, 0.717) is 30.5 Å². The lowest BCUT2D eigenvalue weighted by molar-refractivity contribution is -0.145. The predicted molar refractivity (Wildman–Crippen MR) is 104 cm³/mol. The molecule has 0 fully saturated rings. The summed E-state index contributed by atoms with van der Waals surface area (Å²) in [5.41, 5.74) is 1.50. The summed E-state index contributed by atoms with van der Waals surface area (Å²) in [5.74, 6) is -0.387. The van der Waals surface area contributed by atoms with Gasteiger partial charge in [-0.05, 0) is 32.0 Å². The zero-order chi connectivity index (χ0) is 19.9. The number of imidazole rings is 1. The Bertz CT molecular complexity index is 906. The number of halogens is 1. The van der Waals surface area contributed by atoms with Crippen LogP contribution in [0, 0.1) is 0 Å². The number of ether oxygens (including phenoxy) is 2. The van der Waals surface area contributed by atoms with Crippen molar-refractivity contribution >= 4 is 23.2 Å². The largest absolute Gasteiger partial charge is 0.351 e. The van der Waals surface area contributed by atoms with Crippen LogP contribution in [0.15, 0.2) is 43.1 Å². The Morgan fingerprint density at radius 1 is 1.29 bits per heavy atom. The molecule has 3 rings (SSSR count). The van der Waals surface area contributed by atoms with Gasteiger partial charge in [0.15, 0.2) is 12.0 Å². The summed E-state index contributed by atoms with van der Waals surface area (Å²) in [7, 11) is 0. The van der Waals surface area contributed by atoms with E-state index in [2.05, 4.69) is 20.6 Å². The molecule has 10 heteroatoms. The quantitative estimate of drug-likeness (QED) is 0.551. The summed E-state index contributed by atoms with van der Waals surface area (Å²) in [6.45, 7) is 5.14. The van der Waals surface area contributed by atoms with Gasteiger partial charge in [0.1, 0.15) is 0 Å². The van der Waals surface area contributed by atoms with Gasteiger partial charge in [-0.25, -0.2) is 9.67 Å². The third-order valence-corrected chi connectivity index (χ3v) is 4.10. The van der Waals surface area contributed by atoms with E-state index >= 15 is 0 Å². The monoisotopic (exact) mass is 404 g/mol. The molecule has 28 heavy (non-hydrogen) atoms. The van der Waals surface area contributed by atoms with Gasteiger partial charge < -0.3 is 19.4 Å². The summed E-state index contributed by atoms with van der Waals surface area (Å²) in [5, 5.41) is 11.1. The highest BCUT2D eigenvalue weighted by molar-refractivity contribution is 6.32. The lowest BCUT2D eigenvalue weighted by atomic mass is 10.2. The maximum absolute atomic E-state index is 12.4. The van der Waals surface area contributed by atoms with Gasteiger partial charge in [0.25, 0.3) is 5.91 Å². The maximum Gasteiger partial charge on any atom is 0.277 e. The van der Waals surface area contributed by atoms with E-state index in [4.69, 9.17) is 21.1 Å².